The zero-order chi connectivity index (χ0) is 13.6. The van der Waals surface area contributed by atoms with Gasteiger partial charge in [0.1, 0.15) is 0 Å². The van der Waals surface area contributed by atoms with Crippen LogP contribution in [0.2, 0.25) is 0 Å². The van der Waals surface area contributed by atoms with Crippen molar-refractivity contribution < 1.29 is 17.9 Å². The number of halogens is 3. The average molecular weight is 262 g/mol. The molecule has 0 saturated carbocycles. The van der Waals surface area contributed by atoms with Crippen molar-refractivity contribution in [2.45, 2.75) is 19.5 Å². The summed E-state index contributed by atoms with van der Waals surface area (Å²) in [4.78, 5) is 1.77. The first-order valence-electron chi connectivity index (χ1n) is 5.58. The summed E-state index contributed by atoms with van der Waals surface area (Å²) in [5.74, 6) is 0. The molecule has 0 bridgehead atoms. The Kier molecular flexibility index (Phi) is 5.58. The Bertz CT molecular complexity index is 369. The smallest absolute Gasteiger partial charge is 0.326 e. The van der Waals surface area contributed by atoms with Crippen LogP contribution in [-0.4, -0.2) is 31.5 Å². The fraction of sp³-hybridized carbons (Fsp3) is 0.500. The van der Waals surface area contributed by atoms with Crippen molar-refractivity contribution in [3.8, 4) is 0 Å². The van der Waals surface area contributed by atoms with E-state index in [4.69, 9.17) is 5.73 Å². The second-order valence-corrected chi connectivity index (χ2v) is 4.06. The number of alkyl halides is 3. The number of hydrogen-bond acceptors (Lipinski definition) is 3. The van der Waals surface area contributed by atoms with Crippen LogP contribution in [0.25, 0.3) is 0 Å². The minimum Gasteiger partial charge on any atom is -0.326 e. The van der Waals surface area contributed by atoms with Gasteiger partial charge in [0.25, 0.3) is 0 Å². The lowest BCUT2D eigenvalue weighted by Crippen LogP contribution is -2.26. The molecule has 0 aliphatic carbocycles. The molecule has 1 aromatic rings. The number of hydrogen-bond donors (Lipinski definition) is 1. The van der Waals surface area contributed by atoms with Crippen LogP contribution in [0.5, 0.6) is 0 Å². The second kappa shape index (κ2) is 6.72. The zero-order valence-corrected chi connectivity index (χ0v) is 10.2. The predicted octanol–water partition coefficient (Wildman–Crippen LogP) is 2.11. The van der Waals surface area contributed by atoms with Crippen LogP contribution in [0.4, 0.5) is 13.2 Å². The quantitative estimate of drug-likeness (QED) is 0.853. The summed E-state index contributed by atoms with van der Waals surface area (Å²) in [5.41, 5.74) is 7.55. The van der Waals surface area contributed by atoms with Crippen molar-refractivity contribution in [2.24, 2.45) is 5.73 Å². The standard InChI is InChI=1S/C12H17F3N2O/c1-17(5-6-18-12(13,14)15)9-11-4-2-3-10(7-11)8-16/h2-4,7H,5-6,8-9,16H2,1H3. The molecule has 6 heteroatoms. The van der Waals surface area contributed by atoms with Crippen LogP contribution in [0, 0.1) is 0 Å². The molecule has 1 aromatic carbocycles. The van der Waals surface area contributed by atoms with Crippen molar-refractivity contribution >= 4 is 0 Å². The van der Waals surface area contributed by atoms with E-state index >= 15 is 0 Å². The lowest BCUT2D eigenvalue weighted by Gasteiger charge is -2.17. The first-order chi connectivity index (χ1) is 8.40. The van der Waals surface area contributed by atoms with Crippen molar-refractivity contribution in [3.63, 3.8) is 0 Å². The number of rotatable bonds is 6. The summed E-state index contributed by atoms with van der Waals surface area (Å²) in [6, 6.07) is 7.66. The number of nitrogens with two attached hydrogens (primary N) is 1. The molecule has 0 saturated heterocycles. The van der Waals surface area contributed by atoms with E-state index in [0.717, 1.165) is 11.1 Å². The Balaban J connectivity index is 2.37. The molecule has 0 fully saturated rings. The maximum atomic E-state index is 11.8. The molecule has 0 heterocycles. The fourth-order valence-corrected chi connectivity index (χ4v) is 1.56. The van der Waals surface area contributed by atoms with E-state index in [9.17, 15) is 13.2 Å². The maximum absolute atomic E-state index is 11.8. The molecule has 0 aliphatic rings. The molecule has 0 amide bonds. The zero-order valence-electron chi connectivity index (χ0n) is 10.2. The fourth-order valence-electron chi connectivity index (χ4n) is 1.56. The molecule has 3 nitrogen and oxygen atoms in total. The largest absolute Gasteiger partial charge is 0.522 e. The average Bonchev–Trinajstić information content (AvgIpc) is 2.27. The Morgan fingerprint density at radius 1 is 1.28 bits per heavy atom. The van der Waals surface area contributed by atoms with Gasteiger partial charge < -0.3 is 5.73 Å². The van der Waals surface area contributed by atoms with Crippen molar-refractivity contribution in [1.29, 1.82) is 0 Å². The van der Waals surface area contributed by atoms with Gasteiger partial charge in [0.05, 0.1) is 6.61 Å². The van der Waals surface area contributed by atoms with Crippen LogP contribution in [0.1, 0.15) is 11.1 Å². The normalized spacial score (nSPS) is 12.1. The van der Waals surface area contributed by atoms with Crippen molar-refractivity contribution in [2.75, 3.05) is 20.2 Å². The van der Waals surface area contributed by atoms with E-state index in [-0.39, 0.29) is 13.2 Å². The topological polar surface area (TPSA) is 38.5 Å². The van der Waals surface area contributed by atoms with Crippen molar-refractivity contribution in [3.05, 3.63) is 35.4 Å². The molecular formula is C12H17F3N2O. The molecule has 0 radical (unpaired) electrons. The lowest BCUT2D eigenvalue weighted by atomic mass is 10.1. The van der Waals surface area contributed by atoms with Gasteiger partial charge in [0.15, 0.2) is 0 Å². The number of benzene rings is 1. The van der Waals surface area contributed by atoms with E-state index in [1.807, 2.05) is 24.3 Å². The number of likely N-dealkylation sites (N-methyl/N-ethyl adjacent to an activating group) is 1. The van der Waals surface area contributed by atoms with Gasteiger partial charge in [-0.2, -0.15) is 0 Å². The Morgan fingerprint density at radius 3 is 2.56 bits per heavy atom. The van der Waals surface area contributed by atoms with E-state index in [1.54, 1.807) is 11.9 Å². The van der Waals surface area contributed by atoms with Gasteiger partial charge in [-0.25, -0.2) is 0 Å². The van der Waals surface area contributed by atoms with Gasteiger partial charge in [-0.1, -0.05) is 24.3 Å². The first kappa shape index (κ1) is 14.9. The highest BCUT2D eigenvalue weighted by Crippen LogP contribution is 2.15. The lowest BCUT2D eigenvalue weighted by molar-refractivity contribution is -0.324. The summed E-state index contributed by atoms with van der Waals surface area (Å²) in [6.07, 6.45) is -4.56. The molecule has 2 N–H and O–H groups in total. The predicted molar refractivity (Wildman–Crippen MR) is 62.7 cm³/mol. The van der Waals surface area contributed by atoms with Gasteiger partial charge in [-0.05, 0) is 18.2 Å². The van der Waals surface area contributed by atoms with Gasteiger partial charge >= 0.3 is 6.36 Å². The van der Waals surface area contributed by atoms with Crippen LogP contribution >= 0.6 is 0 Å². The van der Waals surface area contributed by atoms with Crippen LogP contribution in [0.3, 0.4) is 0 Å². The minimum absolute atomic E-state index is 0.215. The van der Waals surface area contributed by atoms with Crippen molar-refractivity contribution in [1.82, 2.24) is 4.90 Å². The van der Waals surface area contributed by atoms with E-state index < -0.39 is 6.36 Å². The van der Waals surface area contributed by atoms with Crippen LogP contribution in [-0.2, 0) is 17.8 Å². The van der Waals surface area contributed by atoms with Gasteiger partial charge in [-0.3, -0.25) is 9.64 Å². The minimum atomic E-state index is -4.56. The Morgan fingerprint density at radius 2 is 1.94 bits per heavy atom. The molecule has 0 atom stereocenters. The first-order valence-corrected chi connectivity index (χ1v) is 5.58. The molecule has 0 spiro atoms. The monoisotopic (exact) mass is 262 g/mol. The molecule has 102 valence electrons. The Labute approximate surface area is 104 Å². The third kappa shape index (κ3) is 6.00. The van der Waals surface area contributed by atoms with E-state index in [2.05, 4.69) is 4.74 Å². The Hall–Kier alpha value is -1.11. The molecule has 18 heavy (non-hydrogen) atoms. The number of ether oxygens (including phenoxy) is 1. The van der Waals surface area contributed by atoms with Gasteiger partial charge in [-0.15, -0.1) is 13.2 Å². The van der Waals surface area contributed by atoms with Gasteiger partial charge in [0, 0.05) is 19.6 Å². The molecule has 0 aromatic heterocycles. The second-order valence-electron chi connectivity index (χ2n) is 4.06. The summed E-state index contributed by atoms with van der Waals surface area (Å²) >= 11 is 0. The van der Waals surface area contributed by atoms with Crippen LogP contribution < -0.4 is 5.73 Å². The number of nitrogens with zero attached hydrogens (tertiary/aromatic N) is 1. The highest BCUT2D eigenvalue weighted by molar-refractivity contribution is 5.23. The SMILES string of the molecule is CN(CCOC(F)(F)F)Cc1cccc(CN)c1. The third-order valence-electron chi connectivity index (χ3n) is 2.42. The van der Waals surface area contributed by atoms with Gasteiger partial charge in [0.2, 0.25) is 0 Å². The molecular weight excluding hydrogens is 245 g/mol. The highest BCUT2D eigenvalue weighted by Gasteiger charge is 2.28. The summed E-state index contributed by atoms with van der Waals surface area (Å²) < 4.78 is 39.1. The van der Waals surface area contributed by atoms with E-state index in [0.29, 0.717) is 13.1 Å². The molecule has 0 unspecified atom stereocenters. The summed E-state index contributed by atoms with van der Waals surface area (Å²) in [7, 11) is 1.74. The molecule has 0 aliphatic heterocycles. The third-order valence-corrected chi connectivity index (χ3v) is 2.42. The summed E-state index contributed by atoms with van der Waals surface area (Å²) in [5, 5.41) is 0. The summed E-state index contributed by atoms with van der Waals surface area (Å²) in [6.45, 7) is 0.868. The van der Waals surface area contributed by atoms with E-state index in [1.165, 1.54) is 0 Å². The maximum Gasteiger partial charge on any atom is 0.522 e. The molecule has 1 rings (SSSR count). The van der Waals surface area contributed by atoms with Crippen LogP contribution in [0.15, 0.2) is 24.3 Å². The highest BCUT2D eigenvalue weighted by atomic mass is 19.4.